The summed E-state index contributed by atoms with van der Waals surface area (Å²) >= 11 is 0. The van der Waals surface area contributed by atoms with E-state index in [1.165, 1.54) is 30.7 Å². The summed E-state index contributed by atoms with van der Waals surface area (Å²) in [5.74, 6) is -1.00. The molecule has 0 atom stereocenters. The average Bonchev–Trinajstić information content (AvgIpc) is 2.85. The third kappa shape index (κ3) is 3.28. The van der Waals surface area contributed by atoms with Gasteiger partial charge in [-0.1, -0.05) is 0 Å². The third-order valence-corrected chi connectivity index (χ3v) is 3.54. The zero-order chi connectivity index (χ0) is 13.9. The van der Waals surface area contributed by atoms with Crippen LogP contribution in [0.25, 0.3) is 0 Å². The summed E-state index contributed by atoms with van der Waals surface area (Å²) in [4.78, 5) is 14.3. The SMILES string of the molecule is O=C(O)Cc1ccc(NS(=O)(=O)c2cn[nH]c2)cn1. The summed E-state index contributed by atoms with van der Waals surface area (Å²) in [5, 5.41) is 14.5. The van der Waals surface area contributed by atoms with Crippen LogP contribution >= 0.6 is 0 Å². The van der Waals surface area contributed by atoms with E-state index in [9.17, 15) is 13.2 Å². The van der Waals surface area contributed by atoms with Crippen molar-refractivity contribution in [3.63, 3.8) is 0 Å². The second kappa shape index (κ2) is 5.06. The predicted molar refractivity (Wildman–Crippen MR) is 65.0 cm³/mol. The van der Waals surface area contributed by atoms with Gasteiger partial charge in [0.05, 0.1) is 30.2 Å². The highest BCUT2D eigenvalue weighted by Crippen LogP contribution is 2.14. The predicted octanol–water partition coefficient (Wildman–Crippen LogP) is 0.233. The highest BCUT2D eigenvalue weighted by Gasteiger charge is 2.15. The molecule has 0 unspecified atom stereocenters. The molecule has 2 aromatic rings. The van der Waals surface area contributed by atoms with E-state index in [2.05, 4.69) is 19.9 Å². The minimum Gasteiger partial charge on any atom is -0.481 e. The number of sulfonamides is 1. The van der Waals surface area contributed by atoms with Crippen LogP contribution in [0.15, 0.2) is 35.6 Å². The van der Waals surface area contributed by atoms with Crippen LogP contribution in [-0.4, -0.2) is 34.7 Å². The first-order chi connectivity index (χ1) is 8.97. The Balaban J connectivity index is 2.14. The zero-order valence-corrected chi connectivity index (χ0v) is 10.4. The van der Waals surface area contributed by atoms with Gasteiger partial charge in [-0.25, -0.2) is 8.42 Å². The van der Waals surface area contributed by atoms with E-state index in [0.29, 0.717) is 5.69 Å². The topological polar surface area (TPSA) is 125 Å². The Labute approximate surface area is 108 Å². The summed E-state index contributed by atoms with van der Waals surface area (Å²) in [6, 6.07) is 2.89. The molecule has 0 aliphatic rings. The molecule has 9 heteroatoms. The number of anilines is 1. The summed E-state index contributed by atoms with van der Waals surface area (Å²) in [6.45, 7) is 0. The normalized spacial score (nSPS) is 11.2. The maximum Gasteiger partial charge on any atom is 0.309 e. The van der Waals surface area contributed by atoms with Gasteiger partial charge in [-0.2, -0.15) is 5.10 Å². The number of carboxylic acids is 1. The molecule has 0 saturated heterocycles. The highest BCUT2D eigenvalue weighted by atomic mass is 32.2. The lowest BCUT2D eigenvalue weighted by Crippen LogP contribution is -2.12. The Kier molecular flexibility index (Phi) is 3.47. The first-order valence-corrected chi connectivity index (χ1v) is 6.64. The van der Waals surface area contributed by atoms with Crippen LogP contribution < -0.4 is 4.72 Å². The maximum absolute atomic E-state index is 11.8. The lowest BCUT2D eigenvalue weighted by Gasteiger charge is -2.05. The monoisotopic (exact) mass is 282 g/mol. The van der Waals surface area contributed by atoms with Crippen molar-refractivity contribution in [3.05, 3.63) is 36.4 Å². The number of nitrogens with zero attached hydrogens (tertiary/aromatic N) is 2. The van der Waals surface area contributed by atoms with Crippen LogP contribution in [0.2, 0.25) is 0 Å². The molecule has 2 aromatic heterocycles. The first kappa shape index (κ1) is 13.0. The average molecular weight is 282 g/mol. The van der Waals surface area contributed by atoms with Crippen molar-refractivity contribution in [1.82, 2.24) is 15.2 Å². The van der Waals surface area contributed by atoms with Gasteiger partial charge >= 0.3 is 5.97 Å². The number of H-pyrrole nitrogens is 1. The second-order valence-electron chi connectivity index (χ2n) is 3.65. The summed E-state index contributed by atoms with van der Waals surface area (Å²) < 4.78 is 26.0. The standard InChI is InChI=1S/C10H10N4O4S/c15-10(16)3-7-1-2-8(4-11-7)14-19(17,18)9-5-12-13-6-9/h1-2,4-6,14H,3H2,(H,12,13)(H,15,16). The fourth-order valence-corrected chi connectivity index (χ4v) is 2.29. The number of nitrogens with one attached hydrogen (secondary N) is 2. The van der Waals surface area contributed by atoms with Crippen molar-refractivity contribution < 1.29 is 18.3 Å². The van der Waals surface area contributed by atoms with Crippen molar-refractivity contribution in [2.75, 3.05) is 4.72 Å². The molecular formula is C10H10N4O4S. The van der Waals surface area contributed by atoms with Crippen molar-refractivity contribution in [3.8, 4) is 0 Å². The van der Waals surface area contributed by atoms with Crippen molar-refractivity contribution in [1.29, 1.82) is 0 Å². The van der Waals surface area contributed by atoms with E-state index in [4.69, 9.17) is 5.11 Å². The molecule has 2 rings (SSSR count). The summed E-state index contributed by atoms with van der Waals surface area (Å²) in [7, 11) is -3.71. The molecule has 0 saturated carbocycles. The zero-order valence-electron chi connectivity index (χ0n) is 9.57. The molecule has 100 valence electrons. The Morgan fingerprint density at radius 2 is 2.16 bits per heavy atom. The van der Waals surface area contributed by atoms with E-state index in [1.807, 2.05) is 0 Å². The van der Waals surface area contributed by atoms with Gasteiger partial charge in [0.2, 0.25) is 0 Å². The molecule has 0 spiro atoms. The molecule has 0 amide bonds. The number of aromatic amines is 1. The molecule has 0 radical (unpaired) electrons. The number of hydrogen-bond acceptors (Lipinski definition) is 5. The number of pyridine rings is 1. The molecule has 3 N–H and O–H groups in total. The fraction of sp³-hybridized carbons (Fsp3) is 0.100. The fourth-order valence-electron chi connectivity index (χ4n) is 1.34. The van der Waals surface area contributed by atoms with E-state index in [1.54, 1.807) is 0 Å². The molecular weight excluding hydrogens is 272 g/mol. The Hall–Kier alpha value is -2.42. The minimum absolute atomic E-state index is 0.00196. The van der Waals surface area contributed by atoms with Gasteiger partial charge in [0, 0.05) is 6.20 Å². The van der Waals surface area contributed by atoms with Gasteiger partial charge in [0.1, 0.15) is 4.90 Å². The lowest BCUT2D eigenvalue weighted by molar-refractivity contribution is -0.136. The Morgan fingerprint density at radius 1 is 1.37 bits per heavy atom. The number of rotatable bonds is 5. The van der Waals surface area contributed by atoms with Gasteiger partial charge in [0.15, 0.2) is 0 Å². The minimum atomic E-state index is -3.71. The van der Waals surface area contributed by atoms with Gasteiger partial charge in [-0.05, 0) is 12.1 Å². The Morgan fingerprint density at radius 3 is 2.68 bits per heavy atom. The molecule has 8 nitrogen and oxygen atoms in total. The van der Waals surface area contributed by atoms with Crippen LogP contribution in [0.3, 0.4) is 0 Å². The summed E-state index contributed by atoms with van der Waals surface area (Å²) in [5.41, 5.74) is 0.592. The van der Waals surface area contributed by atoms with E-state index >= 15 is 0 Å². The van der Waals surface area contributed by atoms with Gasteiger partial charge < -0.3 is 5.11 Å². The number of hydrogen-bond donors (Lipinski definition) is 3. The maximum atomic E-state index is 11.8. The number of aliphatic carboxylic acids is 1. The highest BCUT2D eigenvalue weighted by molar-refractivity contribution is 7.92. The molecule has 2 heterocycles. The van der Waals surface area contributed by atoms with E-state index in [0.717, 1.165) is 0 Å². The largest absolute Gasteiger partial charge is 0.481 e. The Bertz CT molecular complexity index is 664. The van der Waals surface area contributed by atoms with Crippen LogP contribution in [0.1, 0.15) is 5.69 Å². The molecule has 0 bridgehead atoms. The van der Waals surface area contributed by atoms with Crippen LogP contribution in [0, 0.1) is 0 Å². The summed E-state index contributed by atoms with van der Waals surface area (Å²) in [6.07, 6.45) is 3.47. The van der Waals surface area contributed by atoms with Gasteiger partial charge in [0.25, 0.3) is 10.0 Å². The third-order valence-electron chi connectivity index (χ3n) is 2.19. The van der Waals surface area contributed by atoms with Crippen molar-refractivity contribution in [2.45, 2.75) is 11.3 Å². The van der Waals surface area contributed by atoms with Crippen LogP contribution in [0.5, 0.6) is 0 Å². The van der Waals surface area contributed by atoms with Crippen molar-refractivity contribution in [2.24, 2.45) is 0 Å². The quantitative estimate of drug-likeness (QED) is 0.721. The van der Waals surface area contributed by atoms with E-state index < -0.39 is 16.0 Å². The van der Waals surface area contributed by atoms with Crippen LogP contribution in [-0.2, 0) is 21.2 Å². The van der Waals surface area contributed by atoms with Gasteiger partial charge in [-0.15, -0.1) is 0 Å². The molecule has 0 aliphatic carbocycles. The first-order valence-electron chi connectivity index (χ1n) is 5.16. The smallest absolute Gasteiger partial charge is 0.309 e. The number of aromatic nitrogens is 3. The van der Waals surface area contributed by atoms with Crippen molar-refractivity contribution >= 4 is 21.7 Å². The molecule has 0 aromatic carbocycles. The molecule has 0 aliphatic heterocycles. The van der Waals surface area contributed by atoms with Gasteiger partial charge in [-0.3, -0.25) is 19.6 Å². The van der Waals surface area contributed by atoms with E-state index in [-0.39, 0.29) is 17.0 Å². The molecule has 0 fully saturated rings. The van der Waals surface area contributed by atoms with Crippen LogP contribution in [0.4, 0.5) is 5.69 Å². The number of carbonyl (C=O) groups is 1. The number of carboxylic acid groups (broad SMARTS) is 1. The lowest BCUT2D eigenvalue weighted by atomic mass is 10.3. The second-order valence-corrected chi connectivity index (χ2v) is 5.33. The molecule has 19 heavy (non-hydrogen) atoms.